The van der Waals surface area contributed by atoms with Crippen molar-refractivity contribution in [3.8, 4) is 0 Å². The highest BCUT2D eigenvalue weighted by molar-refractivity contribution is 8.55. The zero-order chi connectivity index (χ0) is 31.3. The normalized spacial score (nSPS) is 35.1. The van der Waals surface area contributed by atoms with Crippen LogP contribution < -0.4 is 0 Å². The Morgan fingerprint density at radius 1 is 0.659 bits per heavy atom. The molecule has 0 aliphatic heterocycles. The van der Waals surface area contributed by atoms with Crippen LogP contribution in [0.25, 0.3) is 0 Å². The van der Waals surface area contributed by atoms with Crippen LogP contribution in [0, 0.1) is 30.3 Å². The molecule has 0 fully saturated rings. The first-order valence-electron chi connectivity index (χ1n) is 12.9. The van der Waals surface area contributed by atoms with Gasteiger partial charge in [0.1, 0.15) is 12.2 Å². The van der Waals surface area contributed by atoms with Crippen molar-refractivity contribution in [1.29, 1.82) is 0 Å². The molecular weight excluding hydrogens is 573 g/mol. The average molecular weight is 610 g/mol. The molecule has 0 aromatic carbocycles. The van der Waals surface area contributed by atoms with Crippen LogP contribution >= 0.6 is 18.2 Å². The number of rotatable bonds is 9. The Morgan fingerprint density at radius 3 is 1.32 bits per heavy atom. The van der Waals surface area contributed by atoms with Crippen molar-refractivity contribution in [2.75, 3.05) is 0 Å². The molecular formula is C27H36N3O9PS. The van der Waals surface area contributed by atoms with Crippen molar-refractivity contribution < 1.29 is 28.4 Å². The van der Waals surface area contributed by atoms with Crippen LogP contribution in [0.3, 0.4) is 0 Å². The Hall–Kier alpha value is -2.86. The molecule has 0 amide bonds. The summed E-state index contributed by atoms with van der Waals surface area (Å²) in [5.41, 5.74) is -1.33. The van der Waals surface area contributed by atoms with Crippen molar-refractivity contribution in [2.24, 2.45) is 0 Å². The molecule has 0 saturated heterocycles. The lowest BCUT2D eigenvalue weighted by molar-refractivity contribution is -0.539. The Bertz CT molecular complexity index is 1260. The fraction of sp³-hybridized carbons (Fsp3) is 0.556. The number of hydrogen-bond donors (Lipinski definition) is 0. The Kier molecular flexibility index (Phi) is 8.83. The van der Waals surface area contributed by atoms with Crippen LogP contribution in [-0.4, -0.2) is 48.8 Å². The third-order valence-electron chi connectivity index (χ3n) is 8.98. The molecule has 0 aromatic heterocycles. The van der Waals surface area contributed by atoms with Crippen LogP contribution in [0.2, 0.25) is 0 Å². The zero-order valence-corrected chi connectivity index (χ0v) is 26.3. The summed E-state index contributed by atoms with van der Waals surface area (Å²) < 4.78 is 26.9. The zero-order valence-electron chi connectivity index (χ0n) is 24.6. The summed E-state index contributed by atoms with van der Waals surface area (Å²) in [6, 6.07) is 0. The lowest BCUT2D eigenvalue weighted by atomic mass is 9.83. The summed E-state index contributed by atoms with van der Waals surface area (Å²) in [6.07, 6.45) is 6.97. The largest absolute Gasteiger partial charge is 0.391 e. The van der Waals surface area contributed by atoms with Gasteiger partial charge in [0.15, 0.2) is 0 Å². The minimum atomic E-state index is -4.16. The minimum absolute atomic E-state index is 0.387. The molecule has 0 heterocycles. The van der Waals surface area contributed by atoms with E-state index in [4.69, 9.17) is 9.05 Å². The summed E-state index contributed by atoms with van der Waals surface area (Å²) in [5, 5.41) is 34.7. The average Bonchev–Trinajstić information content (AvgIpc) is 2.89. The monoisotopic (exact) mass is 609 g/mol. The Balaban J connectivity index is 2.04. The molecule has 224 valence electrons. The van der Waals surface area contributed by atoms with Gasteiger partial charge in [-0.2, -0.15) is 0 Å². The van der Waals surface area contributed by atoms with E-state index in [1.54, 1.807) is 47.6 Å². The predicted octanol–water partition coefficient (Wildman–Crippen LogP) is 6.79. The van der Waals surface area contributed by atoms with Gasteiger partial charge in [-0.1, -0.05) is 6.08 Å². The highest BCUT2D eigenvalue weighted by Gasteiger charge is 2.48. The molecule has 3 rings (SSSR count). The molecule has 0 aromatic rings. The van der Waals surface area contributed by atoms with E-state index >= 15 is 0 Å². The number of nitro groups is 3. The molecule has 6 unspecified atom stereocenters. The lowest BCUT2D eigenvalue weighted by Gasteiger charge is -2.35. The fourth-order valence-corrected chi connectivity index (χ4v) is 9.20. The van der Waals surface area contributed by atoms with E-state index in [9.17, 15) is 34.9 Å². The molecule has 0 bridgehead atoms. The molecule has 6 atom stereocenters. The summed E-state index contributed by atoms with van der Waals surface area (Å²) in [4.78, 5) is 34.1. The van der Waals surface area contributed by atoms with Gasteiger partial charge in [-0.25, -0.2) is 4.57 Å². The van der Waals surface area contributed by atoms with E-state index < -0.39 is 50.7 Å². The standard InChI is InChI=1S/C27H36N3O9PS/c1-16-19(4)25(7,28(31)32)13-10-22(16)38-40(37,39-23-11-14-26(8,29(33)34)20(5)17(23)2)41-24-12-15-27(9,30(35)36)21(6)18(24)3/h10-15,22-24H,1-9H3. The molecule has 41 heavy (non-hydrogen) atoms. The lowest BCUT2D eigenvalue weighted by Crippen LogP contribution is -2.39. The van der Waals surface area contributed by atoms with Crippen LogP contribution in [0.4, 0.5) is 0 Å². The Morgan fingerprint density at radius 2 is 0.976 bits per heavy atom. The van der Waals surface area contributed by atoms with Gasteiger partial charge in [0.05, 0.1) is 5.25 Å². The first-order valence-corrected chi connectivity index (χ1v) is 16.0. The van der Waals surface area contributed by atoms with E-state index in [2.05, 4.69) is 0 Å². The molecule has 14 heteroatoms. The second-order valence-corrected chi connectivity index (χ2v) is 15.2. The fourth-order valence-electron chi connectivity index (χ4n) is 4.90. The van der Waals surface area contributed by atoms with Gasteiger partial charge in [0.2, 0.25) is 0 Å². The van der Waals surface area contributed by atoms with Gasteiger partial charge < -0.3 is 0 Å². The number of hydrogen-bond acceptors (Lipinski definition) is 10. The van der Waals surface area contributed by atoms with E-state index in [0.717, 1.165) is 11.4 Å². The van der Waals surface area contributed by atoms with Crippen molar-refractivity contribution in [1.82, 2.24) is 0 Å². The maximum Gasteiger partial charge on any atom is 0.391 e. The first kappa shape index (κ1) is 32.7. The molecule has 0 saturated carbocycles. The molecule has 3 aliphatic carbocycles. The van der Waals surface area contributed by atoms with Gasteiger partial charge in [-0.3, -0.25) is 39.4 Å². The summed E-state index contributed by atoms with van der Waals surface area (Å²) in [7, 11) is 0. The summed E-state index contributed by atoms with van der Waals surface area (Å²) in [6.45, 7) is 10.2. The molecule has 0 N–H and O–H groups in total. The van der Waals surface area contributed by atoms with Crippen molar-refractivity contribution in [2.45, 2.75) is 96.4 Å². The third kappa shape index (κ3) is 5.64. The molecule has 3 aliphatic rings. The Labute approximate surface area is 243 Å². The third-order valence-corrected chi connectivity index (χ3v) is 12.9. The van der Waals surface area contributed by atoms with Crippen molar-refractivity contribution >= 4 is 18.2 Å². The van der Waals surface area contributed by atoms with Gasteiger partial charge in [-0.05, 0) is 100 Å². The maximum atomic E-state index is 14.6. The van der Waals surface area contributed by atoms with Crippen LogP contribution in [0.5, 0.6) is 0 Å². The topological polar surface area (TPSA) is 165 Å². The van der Waals surface area contributed by atoms with E-state index in [-0.39, 0.29) is 4.92 Å². The van der Waals surface area contributed by atoms with Gasteiger partial charge in [0.25, 0.3) is 16.6 Å². The second-order valence-electron chi connectivity index (χ2n) is 11.2. The van der Waals surface area contributed by atoms with Gasteiger partial charge in [0, 0.05) is 52.3 Å². The van der Waals surface area contributed by atoms with Crippen molar-refractivity contribution in [3.05, 3.63) is 100 Å². The van der Waals surface area contributed by atoms with Crippen LogP contribution in [-0.2, 0) is 13.6 Å². The van der Waals surface area contributed by atoms with Crippen LogP contribution in [0.15, 0.2) is 69.9 Å². The quantitative estimate of drug-likeness (QED) is 0.118. The highest BCUT2D eigenvalue weighted by Crippen LogP contribution is 2.67. The second kappa shape index (κ2) is 11.1. The predicted molar refractivity (Wildman–Crippen MR) is 157 cm³/mol. The number of nitrogens with zero attached hydrogens (tertiary/aromatic N) is 3. The summed E-state index contributed by atoms with van der Waals surface area (Å²) >= 11 is 0.862. The van der Waals surface area contributed by atoms with E-state index in [1.165, 1.54) is 51.2 Å². The maximum absolute atomic E-state index is 14.6. The van der Waals surface area contributed by atoms with Crippen LogP contribution in [0.1, 0.15) is 62.3 Å². The highest BCUT2D eigenvalue weighted by atomic mass is 32.7. The summed E-state index contributed by atoms with van der Waals surface area (Å²) in [5.74, 6) is 0. The smallest absolute Gasteiger partial charge is 0.289 e. The first-order chi connectivity index (χ1) is 18.7. The van der Waals surface area contributed by atoms with Gasteiger partial charge in [-0.15, -0.1) is 0 Å². The van der Waals surface area contributed by atoms with E-state index in [0.29, 0.717) is 33.4 Å². The minimum Gasteiger partial charge on any atom is -0.289 e. The van der Waals surface area contributed by atoms with Crippen molar-refractivity contribution in [3.63, 3.8) is 0 Å². The van der Waals surface area contributed by atoms with E-state index in [1.807, 2.05) is 0 Å². The molecule has 0 spiro atoms. The SMILES string of the molecule is CC1=C(C)C(C)([N+](=O)[O-])C=CC1OP(=O)(OC1C=CC(C)([N+](=O)[O-])C(C)=C1C)SC1C=CC(C)([N+](=O)[O-])C(C)=C1C. The molecule has 12 nitrogen and oxygen atoms in total. The van der Waals surface area contributed by atoms with Gasteiger partial charge >= 0.3 is 6.80 Å². The molecule has 0 radical (unpaired) electrons.